The van der Waals surface area contributed by atoms with E-state index < -0.39 is 41.4 Å². The van der Waals surface area contributed by atoms with Gasteiger partial charge in [-0.05, 0) is 38.7 Å². The smallest absolute Gasteiger partial charge is 0.408 e. The van der Waals surface area contributed by atoms with E-state index >= 15 is 0 Å². The monoisotopic (exact) mass is 572 g/mol. The van der Waals surface area contributed by atoms with Crippen LogP contribution in [0.25, 0.3) is 0 Å². The third-order valence-electron chi connectivity index (χ3n) is 7.74. The Morgan fingerprint density at radius 1 is 1.20 bits per heavy atom. The van der Waals surface area contributed by atoms with Crippen LogP contribution in [0.15, 0.2) is 35.8 Å². The minimum absolute atomic E-state index is 0.0186. The highest BCUT2D eigenvalue weighted by Gasteiger charge is 2.51. The van der Waals surface area contributed by atoms with Crippen molar-refractivity contribution in [2.24, 2.45) is 5.41 Å². The predicted octanol–water partition coefficient (Wildman–Crippen LogP) is 4.87. The number of aryl methyl sites for hydroxylation is 2. The van der Waals surface area contributed by atoms with Gasteiger partial charge in [-0.3, -0.25) is 9.59 Å². The van der Waals surface area contributed by atoms with E-state index in [1.165, 1.54) is 16.2 Å². The Labute approximate surface area is 239 Å². The highest BCUT2D eigenvalue weighted by Crippen LogP contribution is 2.41. The van der Waals surface area contributed by atoms with E-state index in [-0.39, 0.29) is 25.0 Å². The van der Waals surface area contributed by atoms with Gasteiger partial charge >= 0.3 is 12.2 Å². The molecule has 0 saturated carbocycles. The van der Waals surface area contributed by atoms with Gasteiger partial charge in [-0.1, -0.05) is 63.9 Å². The third-order valence-corrected chi connectivity index (χ3v) is 8.73. The van der Waals surface area contributed by atoms with Crippen molar-refractivity contribution in [3.8, 4) is 0 Å². The number of Topliss-reactive ketones (excluding diaryl/α,β-unsaturated/α-hetero) is 1. The van der Waals surface area contributed by atoms with Crippen molar-refractivity contribution < 1.29 is 29.0 Å². The minimum atomic E-state index is -1.08. The lowest BCUT2D eigenvalue weighted by atomic mass is 9.80. The van der Waals surface area contributed by atoms with Crippen molar-refractivity contribution in [3.05, 3.63) is 52.0 Å². The molecule has 3 amide bonds. The molecule has 218 valence electrons. The number of ether oxygens (including phenoxy) is 1. The van der Waals surface area contributed by atoms with Gasteiger partial charge in [0.05, 0.1) is 23.8 Å². The number of rotatable bonds is 12. The largest absolute Gasteiger partial charge is 0.465 e. The number of unbranched alkanes of at least 4 members (excludes halogenated alkanes) is 1. The Hall–Kier alpha value is -3.47. The number of amides is 3. The third kappa shape index (κ3) is 7.59. The molecule has 2 aromatic rings. The fourth-order valence-corrected chi connectivity index (χ4v) is 5.95. The lowest BCUT2D eigenvalue weighted by Crippen LogP contribution is -2.49. The summed E-state index contributed by atoms with van der Waals surface area (Å²) in [5.74, 6) is -1.53. The average molecular weight is 573 g/mol. The summed E-state index contributed by atoms with van der Waals surface area (Å²) in [5.41, 5.74) is 2.88. The average Bonchev–Trinajstić information content (AvgIpc) is 3.44. The van der Waals surface area contributed by atoms with Crippen LogP contribution in [0.2, 0.25) is 0 Å². The van der Waals surface area contributed by atoms with E-state index in [0.717, 1.165) is 22.6 Å². The summed E-state index contributed by atoms with van der Waals surface area (Å²) in [4.78, 5) is 57.6. The van der Waals surface area contributed by atoms with E-state index in [2.05, 4.69) is 15.6 Å². The van der Waals surface area contributed by atoms with E-state index in [4.69, 9.17) is 4.74 Å². The molecule has 1 aliphatic rings. The first kappa shape index (κ1) is 31.1. The molecule has 0 spiro atoms. The number of nitrogens with zero attached hydrogens (tertiary/aromatic N) is 2. The second-order valence-corrected chi connectivity index (χ2v) is 11.8. The molecule has 4 atom stereocenters. The van der Waals surface area contributed by atoms with Gasteiger partial charge in [0.15, 0.2) is 0 Å². The number of carbonyl (C=O) groups excluding carboxylic acids is 3. The first-order valence-electron chi connectivity index (χ1n) is 13.7. The highest BCUT2D eigenvalue weighted by atomic mass is 32.1. The Morgan fingerprint density at radius 2 is 1.90 bits per heavy atom. The van der Waals surface area contributed by atoms with Crippen LogP contribution in [0, 0.1) is 12.3 Å². The summed E-state index contributed by atoms with van der Waals surface area (Å²) >= 11 is 1.54. The van der Waals surface area contributed by atoms with Gasteiger partial charge < -0.3 is 25.4 Å². The van der Waals surface area contributed by atoms with E-state index in [0.29, 0.717) is 19.3 Å². The molecule has 3 rings (SSSR count). The van der Waals surface area contributed by atoms with Crippen LogP contribution in [0.1, 0.15) is 75.6 Å². The van der Waals surface area contributed by atoms with Crippen LogP contribution in [-0.2, 0) is 20.7 Å². The molecule has 2 heterocycles. The standard InChI is InChI=1S/C29H40N4O6S/c1-6-7-13-21(25(34)26(35)31-18(2)20-11-9-8-10-12-20)32-27(36)39-24-16-33(28(37)38)23(29(24,4)5)15-14-22-19(3)30-17-40-22/h8-12,17-18,21,23-24H,6-7,13-16H2,1-5H3,(H,31,35)(H,32,36)(H,37,38)/t18-,21+,23?,24-/m1/s1. The maximum Gasteiger partial charge on any atom is 0.408 e. The van der Waals surface area contributed by atoms with Crippen LogP contribution in [-0.4, -0.2) is 63.6 Å². The molecule has 40 heavy (non-hydrogen) atoms. The Balaban J connectivity index is 1.66. The molecule has 10 nitrogen and oxygen atoms in total. The number of hydrogen-bond acceptors (Lipinski definition) is 7. The molecule has 1 aromatic heterocycles. The number of thiazole rings is 1. The van der Waals surface area contributed by atoms with Crippen molar-refractivity contribution in [1.82, 2.24) is 20.5 Å². The number of likely N-dealkylation sites (tertiary alicyclic amines) is 1. The second kappa shape index (κ2) is 13.7. The van der Waals surface area contributed by atoms with Gasteiger partial charge in [0.2, 0.25) is 5.78 Å². The van der Waals surface area contributed by atoms with Crippen molar-refractivity contribution >= 4 is 35.2 Å². The summed E-state index contributed by atoms with van der Waals surface area (Å²) in [7, 11) is 0. The lowest BCUT2D eigenvalue weighted by Gasteiger charge is -2.33. The quantitative estimate of drug-likeness (QED) is 0.308. The number of hydrogen-bond donors (Lipinski definition) is 3. The van der Waals surface area contributed by atoms with Gasteiger partial charge in [0.25, 0.3) is 5.91 Å². The summed E-state index contributed by atoms with van der Waals surface area (Å²) in [6.45, 7) is 9.45. The molecule has 3 N–H and O–H groups in total. The lowest BCUT2D eigenvalue weighted by molar-refractivity contribution is -0.139. The van der Waals surface area contributed by atoms with Gasteiger partial charge in [0.1, 0.15) is 12.1 Å². The topological polar surface area (TPSA) is 138 Å². The van der Waals surface area contributed by atoms with Crippen LogP contribution in [0.3, 0.4) is 0 Å². The fourth-order valence-electron chi connectivity index (χ4n) is 5.15. The second-order valence-electron chi connectivity index (χ2n) is 10.9. The van der Waals surface area contributed by atoms with Crippen molar-refractivity contribution in [2.75, 3.05) is 6.54 Å². The molecular weight excluding hydrogens is 532 g/mol. The molecule has 1 fully saturated rings. The number of carboxylic acid groups (broad SMARTS) is 1. The first-order valence-corrected chi connectivity index (χ1v) is 14.6. The zero-order valence-corrected chi connectivity index (χ0v) is 24.6. The first-order chi connectivity index (χ1) is 18.9. The predicted molar refractivity (Wildman–Crippen MR) is 152 cm³/mol. The summed E-state index contributed by atoms with van der Waals surface area (Å²) in [6.07, 6.45) is 0.241. The highest BCUT2D eigenvalue weighted by molar-refractivity contribution is 7.09. The number of aromatic nitrogens is 1. The van der Waals surface area contributed by atoms with Crippen molar-refractivity contribution in [2.45, 2.75) is 91.0 Å². The van der Waals surface area contributed by atoms with E-state index in [9.17, 15) is 24.3 Å². The Morgan fingerprint density at radius 3 is 2.50 bits per heavy atom. The maximum atomic E-state index is 13.1. The van der Waals surface area contributed by atoms with Gasteiger partial charge in [-0.2, -0.15) is 0 Å². The maximum absolute atomic E-state index is 13.1. The van der Waals surface area contributed by atoms with Gasteiger partial charge in [-0.25, -0.2) is 14.6 Å². The van der Waals surface area contributed by atoms with Crippen LogP contribution >= 0.6 is 11.3 Å². The van der Waals surface area contributed by atoms with E-state index in [1.54, 1.807) is 12.4 Å². The number of alkyl carbamates (subject to hydrolysis) is 1. The molecule has 0 bridgehead atoms. The molecule has 0 radical (unpaired) electrons. The zero-order valence-electron chi connectivity index (χ0n) is 23.8. The molecular formula is C29H40N4O6S. The molecule has 1 aromatic carbocycles. The summed E-state index contributed by atoms with van der Waals surface area (Å²) in [5, 5.41) is 15.2. The van der Waals surface area contributed by atoms with Gasteiger partial charge in [0, 0.05) is 16.3 Å². The van der Waals surface area contributed by atoms with Crippen molar-refractivity contribution in [1.29, 1.82) is 0 Å². The normalized spacial score (nSPS) is 19.5. The zero-order chi connectivity index (χ0) is 29.4. The molecule has 1 saturated heterocycles. The number of carbonyl (C=O) groups is 4. The number of benzene rings is 1. The van der Waals surface area contributed by atoms with Crippen LogP contribution < -0.4 is 10.6 Å². The van der Waals surface area contributed by atoms with Crippen molar-refractivity contribution in [3.63, 3.8) is 0 Å². The van der Waals surface area contributed by atoms with Crippen LogP contribution in [0.4, 0.5) is 9.59 Å². The molecule has 11 heteroatoms. The van der Waals surface area contributed by atoms with E-state index in [1.807, 2.05) is 58.0 Å². The van der Waals surface area contributed by atoms with Gasteiger partial charge in [-0.15, -0.1) is 11.3 Å². The summed E-state index contributed by atoms with van der Waals surface area (Å²) in [6, 6.07) is 7.45. The molecule has 1 aliphatic heterocycles. The van der Waals surface area contributed by atoms with Crippen LogP contribution in [0.5, 0.6) is 0 Å². The Bertz CT molecular complexity index is 1180. The Kier molecular flexibility index (Phi) is 10.7. The minimum Gasteiger partial charge on any atom is -0.465 e. The molecule has 0 aliphatic carbocycles. The number of nitrogens with one attached hydrogen (secondary N) is 2. The summed E-state index contributed by atoms with van der Waals surface area (Å²) < 4.78 is 5.74. The molecule has 1 unspecified atom stereocenters. The number of ketones is 1. The SMILES string of the molecule is CCCC[C@H](NC(=O)O[C@@H]1CN(C(=O)O)C(CCc2scnc2C)C1(C)C)C(=O)C(=O)N[C@H](C)c1ccccc1. The fraction of sp³-hybridized carbons (Fsp3) is 0.552.